The monoisotopic (exact) mass is 138 g/mol. The van der Waals surface area contributed by atoms with Gasteiger partial charge in [-0.3, -0.25) is 0 Å². The third kappa shape index (κ3) is 1.35. The highest BCUT2D eigenvalue weighted by molar-refractivity contribution is 5.20. The van der Waals surface area contributed by atoms with Crippen molar-refractivity contribution in [1.29, 1.82) is 0 Å². The second kappa shape index (κ2) is 2.82. The Balaban J connectivity index is 3.03. The maximum absolute atomic E-state index is 12.8. The summed E-state index contributed by atoms with van der Waals surface area (Å²) in [5.74, 6) is 0.179. The molecule has 0 aliphatic carbocycles. The Bertz CT molecular complexity index is 216. The van der Waals surface area contributed by atoms with Crippen molar-refractivity contribution in [2.45, 2.75) is 19.8 Å². The van der Waals surface area contributed by atoms with Gasteiger partial charge in [-0.05, 0) is 17.5 Å². The highest BCUT2D eigenvalue weighted by Gasteiger charge is 2.02. The summed E-state index contributed by atoms with van der Waals surface area (Å²) >= 11 is 0. The first-order valence-electron chi connectivity index (χ1n) is 3.46. The third-order valence-corrected chi connectivity index (χ3v) is 1.53. The molecule has 0 aliphatic heterocycles. The predicted octanol–water partition coefficient (Wildman–Crippen LogP) is 2.95. The van der Waals surface area contributed by atoms with Gasteiger partial charge in [0.1, 0.15) is 5.82 Å². The van der Waals surface area contributed by atoms with E-state index in [0.717, 1.165) is 5.56 Å². The van der Waals surface area contributed by atoms with E-state index < -0.39 is 0 Å². The van der Waals surface area contributed by atoms with Gasteiger partial charge in [0.2, 0.25) is 0 Å². The van der Waals surface area contributed by atoms with Crippen LogP contribution < -0.4 is 0 Å². The van der Waals surface area contributed by atoms with Crippen molar-refractivity contribution in [3.05, 3.63) is 35.6 Å². The van der Waals surface area contributed by atoms with Crippen LogP contribution in [0.2, 0.25) is 0 Å². The summed E-state index contributed by atoms with van der Waals surface area (Å²) in [4.78, 5) is 0. The number of benzene rings is 1. The molecule has 1 rings (SSSR count). The first-order chi connectivity index (χ1) is 4.72. The molecular weight excluding hydrogens is 127 g/mol. The molecule has 0 atom stereocenters. The third-order valence-electron chi connectivity index (χ3n) is 1.53. The molecule has 1 heteroatoms. The molecule has 1 aromatic carbocycles. The molecule has 0 radical (unpaired) electrons. The van der Waals surface area contributed by atoms with Crippen LogP contribution in [-0.2, 0) is 0 Å². The minimum Gasteiger partial charge on any atom is -0.207 e. The summed E-state index contributed by atoms with van der Waals surface area (Å²) < 4.78 is 12.8. The van der Waals surface area contributed by atoms with Crippen LogP contribution in [0, 0.1) is 5.82 Å². The van der Waals surface area contributed by atoms with Gasteiger partial charge in [0.05, 0.1) is 0 Å². The second-order valence-corrected chi connectivity index (χ2v) is 2.68. The summed E-state index contributed by atoms with van der Waals surface area (Å²) in [6, 6.07) is 6.88. The smallest absolute Gasteiger partial charge is 0.126 e. The number of halogens is 1. The first kappa shape index (κ1) is 7.26. The van der Waals surface area contributed by atoms with E-state index in [0.29, 0.717) is 0 Å². The predicted molar refractivity (Wildman–Crippen MR) is 40.5 cm³/mol. The lowest BCUT2D eigenvalue weighted by atomic mass is 10.0. The van der Waals surface area contributed by atoms with Gasteiger partial charge in [-0.2, -0.15) is 0 Å². The van der Waals surface area contributed by atoms with E-state index in [-0.39, 0.29) is 11.7 Å². The van der Waals surface area contributed by atoms with Crippen LogP contribution in [0.15, 0.2) is 24.3 Å². The van der Waals surface area contributed by atoms with Gasteiger partial charge in [0.15, 0.2) is 0 Å². The minimum absolute atomic E-state index is 0.0995. The normalized spacial score (nSPS) is 10.4. The Hall–Kier alpha value is -0.850. The summed E-state index contributed by atoms with van der Waals surface area (Å²) in [5, 5.41) is 0. The van der Waals surface area contributed by atoms with Crippen molar-refractivity contribution in [2.75, 3.05) is 0 Å². The van der Waals surface area contributed by atoms with Crippen molar-refractivity contribution in [2.24, 2.45) is 0 Å². The van der Waals surface area contributed by atoms with E-state index in [1.165, 1.54) is 6.07 Å². The van der Waals surface area contributed by atoms with E-state index in [9.17, 15) is 4.39 Å². The second-order valence-electron chi connectivity index (χ2n) is 2.68. The lowest BCUT2D eigenvalue weighted by Crippen LogP contribution is -1.90. The van der Waals surface area contributed by atoms with Crippen LogP contribution in [0.1, 0.15) is 25.3 Å². The van der Waals surface area contributed by atoms with E-state index in [1.54, 1.807) is 6.07 Å². The zero-order chi connectivity index (χ0) is 7.56. The van der Waals surface area contributed by atoms with Crippen LogP contribution in [0.5, 0.6) is 0 Å². The Morgan fingerprint density at radius 1 is 1.20 bits per heavy atom. The molecule has 0 spiro atoms. The molecule has 0 nitrogen and oxygen atoms in total. The minimum atomic E-state index is -0.0995. The highest BCUT2D eigenvalue weighted by Crippen LogP contribution is 2.16. The molecule has 0 aromatic heterocycles. The quantitative estimate of drug-likeness (QED) is 0.559. The molecule has 0 fully saturated rings. The van der Waals surface area contributed by atoms with Crippen molar-refractivity contribution >= 4 is 0 Å². The van der Waals surface area contributed by atoms with Crippen LogP contribution in [-0.4, -0.2) is 0 Å². The topological polar surface area (TPSA) is 0 Å². The van der Waals surface area contributed by atoms with E-state index in [1.807, 2.05) is 26.0 Å². The summed E-state index contributed by atoms with van der Waals surface area (Å²) in [6.07, 6.45) is 0. The van der Waals surface area contributed by atoms with E-state index in [4.69, 9.17) is 0 Å². The van der Waals surface area contributed by atoms with Gasteiger partial charge in [0.25, 0.3) is 0 Å². The number of rotatable bonds is 1. The van der Waals surface area contributed by atoms with Crippen LogP contribution in [0.4, 0.5) is 4.39 Å². The van der Waals surface area contributed by atoms with Gasteiger partial charge >= 0.3 is 0 Å². The lowest BCUT2D eigenvalue weighted by molar-refractivity contribution is 0.598. The van der Waals surface area contributed by atoms with Gasteiger partial charge < -0.3 is 0 Å². The molecule has 54 valence electrons. The van der Waals surface area contributed by atoms with Gasteiger partial charge in [-0.15, -0.1) is 0 Å². The summed E-state index contributed by atoms with van der Waals surface area (Å²) in [5.41, 5.74) is 0.794. The summed E-state index contributed by atoms with van der Waals surface area (Å²) in [7, 11) is 0. The Labute approximate surface area is 60.7 Å². The van der Waals surface area contributed by atoms with Crippen LogP contribution in [0.3, 0.4) is 0 Å². The molecule has 0 aliphatic rings. The molecule has 0 unspecified atom stereocenters. The van der Waals surface area contributed by atoms with Gasteiger partial charge in [-0.1, -0.05) is 32.0 Å². The zero-order valence-corrected chi connectivity index (χ0v) is 6.26. The average molecular weight is 138 g/mol. The maximum atomic E-state index is 12.8. The average Bonchev–Trinajstić information content (AvgIpc) is 1.88. The molecule has 1 aromatic rings. The van der Waals surface area contributed by atoms with Crippen molar-refractivity contribution in [1.82, 2.24) is 0 Å². The fourth-order valence-electron chi connectivity index (χ4n) is 0.943. The van der Waals surface area contributed by atoms with Crippen molar-refractivity contribution < 1.29 is 4.39 Å². The summed E-state index contributed by atoms with van der Waals surface area (Å²) in [6.45, 7) is 3.97. The van der Waals surface area contributed by atoms with Crippen molar-refractivity contribution in [3.8, 4) is 0 Å². The molecule has 0 saturated carbocycles. The number of hydrogen-bond acceptors (Lipinski definition) is 0. The van der Waals surface area contributed by atoms with E-state index in [2.05, 4.69) is 0 Å². The molecular formula is C9H11F. The molecule has 0 saturated heterocycles. The van der Waals surface area contributed by atoms with E-state index >= 15 is 0 Å². The first-order valence-corrected chi connectivity index (χ1v) is 3.46. The largest absolute Gasteiger partial charge is 0.207 e. The maximum Gasteiger partial charge on any atom is 0.126 e. The van der Waals surface area contributed by atoms with Crippen LogP contribution in [0.25, 0.3) is 0 Å². The molecule has 0 bridgehead atoms. The Morgan fingerprint density at radius 2 is 1.80 bits per heavy atom. The fraction of sp³-hybridized carbons (Fsp3) is 0.333. The SMILES string of the molecule is CC(C)c1ccccc1F. The highest BCUT2D eigenvalue weighted by atomic mass is 19.1. The Kier molecular flexibility index (Phi) is 2.05. The molecule has 10 heavy (non-hydrogen) atoms. The number of hydrogen-bond donors (Lipinski definition) is 0. The standard InChI is InChI=1S/C9H11F/c1-7(2)8-5-3-4-6-9(8)10/h3-7H,1-2H3. The zero-order valence-electron chi connectivity index (χ0n) is 6.26. The molecule has 0 heterocycles. The molecule has 0 amide bonds. The lowest BCUT2D eigenvalue weighted by Gasteiger charge is -2.04. The molecule has 0 N–H and O–H groups in total. The van der Waals surface area contributed by atoms with Gasteiger partial charge in [-0.25, -0.2) is 4.39 Å². The van der Waals surface area contributed by atoms with Gasteiger partial charge in [0, 0.05) is 0 Å². The van der Waals surface area contributed by atoms with Crippen LogP contribution >= 0.6 is 0 Å². The van der Waals surface area contributed by atoms with Crippen molar-refractivity contribution in [3.63, 3.8) is 0 Å². The Morgan fingerprint density at radius 3 is 2.20 bits per heavy atom. The fourth-order valence-corrected chi connectivity index (χ4v) is 0.943.